The summed E-state index contributed by atoms with van der Waals surface area (Å²) in [5.41, 5.74) is 0.116. The summed E-state index contributed by atoms with van der Waals surface area (Å²) in [5, 5.41) is 0. The van der Waals surface area contributed by atoms with Gasteiger partial charge in [0, 0.05) is 40.5 Å². The molecule has 0 bridgehead atoms. The van der Waals surface area contributed by atoms with Gasteiger partial charge in [-0.3, -0.25) is 4.79 Å². The standard InChI is InChI=1S/C27H36N2O5/c1-28(17-21-11-20-14-25(33-4)26(34-5)16-22(20)21)8-6-9-29-10-7-18-12-23(31-2)24(32-3)13-19(18)15-27(29)30/h12-14,16,21H,6-11,15,17H2,1-5H3/i1D3,2D3,4D3,7D2,8D2,10D2,17D2. The molecule has 0 N–H and O–H groups in total. The highest BCUT2D eigenvalue weighted by molar-refractivity contribution is 5.80. The summed E-state index contributed by atoms with van der Waals surface area (Å²) < 4.78 is 159. The second-order valence-corrected chi connectivity index (χ2v) is 7.65. The number of carbonyl (C=O) groups excluding carboxylic acids is 1. The first-order valence-corrected chi connectivity index (χ1v) is 10.4. The predicted octanol–water partition coefficient (Wildman–Crippen LogP) is 3.31. The first-order valence-electron chi connectivity index (χ1n) is 18.9. The van der Waals surface area contributed by atoms with Crippen LogP contribution < -0.4 is 18.9 Å². The molecule has 1 heterocycles. The molecular weight excluding hydrogens is 432 g/mol. The Morgan fingerprint density at radius 2 is 1.71 bits per heavy atom. The van der Waals surface area contributed by atoms with E-state index in [1.54, 1.807) is 0 Å². The monoisotopic (exact) mass is 485 g/mol. The Hall–Kier alpha value is -2.93. The highest BCUT2D eigenvalue weighted by Gasteiger charge is 2.29. The number of amides is 1. The van der Waals surface area contributed by atoms with Crippen LogP contribution in [0.25, 0.3) is 0 Å². The number of benzene rings is 2. The normalized spacial score (nSPS) is 29.3. The molecule has 1 atom stereocenters. The molecule has 34 heavy (non-hydrogen) atoms. The van der Waals surface area contributed by atoms with E-state index in [0.29, 0.717) is 10.5 Å². The molecule has 1 aliphatic carbocycles. The highest BCUT2D eigenvalue weighted by Crippen LogP contribution is 2.42. The first kappa shape index (κ1) is 10.8. The molecule has 0 radical (unpaired) electrons. The maximum absolute atomic E-state index is 13.5. The number of hydrogen-bond acceptors (Lipinski definition) is 6. The lowest BCUT2D eigenvalue weighted by molar-refractivity contribution is -0.130. The third-order valence-corrected chi connectivity index (χ3v) is 5.69. The van der Waals surface area contributed by atoms with E-state index in [-0.39, 0.29) is 39.7 Å². The number of ether oxygens (including phenoxy) is 4. The Morgan fingerprint density at radius 1 is 1.03 bits per heavy atom. The minimum atomic E-state index is -3.43. The Kier molecular flexibility index (Phi) is 3.34. The maximum Gasteiger partial charge on any atom is 0.227 e. The van der Waals surface area contributed by atoms with Crippen LogP contribution in [0.5, 0.6) is 23.0 Å². The summed E-state index contributed by atoms with van der Waals surface area (Å²) in [6.07, 6.45) is -4.84. The number of nitrogens with zero attached hydrogens (tertiary/aromatic N) is 2. The van der Waals surface area contributed by atoms with Crippen molar-refractivity contribution in [2.45, 2.75) is 31.6 Å². The minimum absolute atomic E-state index is 0.0183. The fourth-order valence-electron chi connectivity index (χ4n) is 3.88. The lowest BCUT2D eigenvalue weighted by Gasteiger charge is -2.34. The minimum Gasteiger partial charge on any atom is -0.493 e. The summed E-state index contributed by atoms with van der Waals surface area (Å²) >= 11 is 0. The number of carbonyl (C=O) groups is 1. The van der Waals surface area contributed by atoms with Gasteiger partial charge < -0.3 is 28.7 Å². The van der Waals surface area contributed by atoms with Gasteiger partial charge in [-0.05, 0) is 79.2 Å². The summed E-state index contributed by atoms with van der Waals surface area (Å²) in [4.78, 5) is 14.0. The molecule has 7 nitrogen and oxygen atoms in total. The van der Waals surface area contributed by atoms with Gasteiger partial charge in [0.05, 0.1) is 42.9 Å². The van der Waals surface area contributed by atoms with Crippen molar-refractivity contribution in [3.8, 4) is 23.0 Å². The van der Waals surface area contributed by atoms with E-state index in [1.807, 2.05) is 0 Å². The Morgan fingerprint density at radius 3 is 2.41 bits per heavy atom. The van der Waals surface area contributed by atoms with Gasteiger partial charge in [-0.2, -0.15) is 0 Å². The zero-order valence-electron chi connectivity index (χ0n) is 35.7. The fourth-order valence-corrected chi connectivity index (χ4v) is 3.88. The summed E-state index contributed by atoms with van der Waals surface area (Å²) in [6.45, 7) is -13.6. The van der Waals surface area contributed by atoms with Crippen LogP contribution in [0.2, 0.25) is 0 Å². The van der Waals surface area contributed by atoms with Gasteiger partial charge in [0.2, 0.25) is 5.91 Å². The Bertz CT molecular complexity index is 1660. The molecule has 1 unspecified atom stereocenters. The second-order valence-electron chi connectivity index (χ2n) is 7.65. The van der Waals surface area contributed by atoms with Crippen LogP contribution in [0.3, 0.4) is 0 Å². The molecule has 7 heteroatoms. The number of methoxy groups -OCH3 is 4. The van der Waals surface area contributed by atoms with Crippen molar-refractivity contribution >= 4 is 5.91 Å². The molecule has 4 rings (SSSR count). The number of rotatable bonds is 10. The van der Waals surface area contributed by atoms with Crippen molar-refractivity contribution in [1.29, 1.82) is 0 Å². The second kappa shape index (κ2) is 10.6. The van der Waals surface area contributed by atoms with Crippen LogP contribution in [0.15, 0.2) is 24.3 Å². The van der Waals surface area contributed by atoms with Crippen molar-refractivity contribution in [3.63, 3.8) is 0 Å². The van der Waals surface area contributed by atoms with E-state index < -0.39 is 89.4 Å². The van der Waals surface area contributed by atoms with Crippen molar-refractivity contribution in [1.82, 2.24) is 9.80 Å². The van der Waals surface area contributed by atoms with Gasteiger partial charge in [0.1, 0.15) is 0 Å². The van der Waals surface area contributed by atoms with Gasteiger partial charge in [-0.15, -0.1) is 0 Å². The van der Waals surface area contributed by atoms with Crippen LogP contribution in [0, 0.1) is 0 Å². The first-order chi connectivity index (χ1) is 23.0. The molecule has 2 aromatic rings. The number of hydrogen-bond donors (Lipinski definition) is 0. The number of fused-ring (bicyclic) bond motifs is 2. The summed E-state index contributed by atoms with van der Waals surface area (Å²) in [7, 11) is -3.43. The van der Waals surface area contributed by atoms with Gasteiger partial charge in [0.25, 0.3) is 0 Å². The molecule has 184 valence electrons. The average Bonchev–Trinajstić information content (AvgIpc) is 2.96. The molecule has 0 fully saturated rings. The topological polar surface area (TPSA) is 60.5 Å². The van der Waals surface area contributed by atoms with Gasteiger partial charge in [0.15, 0.2) is 23.0 Å². The van der Waals surface area contributed by atoms with E-state index >= 15 is 0 Å². The van der Waals surface area contributed by atoms with Gasteiger partial charge in [-0.1, -0.05) is 0 Å². The fraction of sp³-hybridized carbons (Fsp3) is 0.519. The average molecular weight is 486 g/mol. The number of likely N-dealkylation sites (N-methyl/N-ethyl adjacent to an activating group) is 1. The lowest BCUT2D eigenvalue weighted by atomic mass is 9.77. The van der Waals surface area contributed by atoms with Crippen molar-refractivity contribution in [2.24, 2.45) is 0 Å². The summed E-state index contributed by atoms with van der Waals surface area (Å²) in [6, 6.07) is 4.65. The quantitative estimate of drug-likeness (QED) is 0.515. The molecule has 0 spiro atoms. The zero-order chi connectivity index (χ0) is 38.9. The van der Waals surface area contributed by atoms with Crippen molar-refractivity contribution < 1.29 is 47.0 Å². The third-order valence-electron chi connectivity index (χ3n) is 5.69. The van der Waals surface area contributed by atoms with Crippen LogP contribution in [-0.2, 0) is 24.0 Å². The van der Waals surface area contributed by atoms with Crippen LogP contribution >= 0.6 is 0 Å². The molecule has 0 aromatic heterocycles. The smallest absolute Gasteiger partial charge is 0.227 e. The van der Waals surface area contributed by atoms with E-state index in [9.17, 15) is 4.79 Å². The van der Waals surface area contributed by atoms with E-state index in [2.05, 4.69) is 0 Å². The SMILES string of the molecule is [2H]C([2H])([2H])Oc1cc2c(cc1OC)C(C([2H])([2H])N(C([2H])([2H])[2H])C([2H])([2H])CCN1C(=O)Cc3cc(OC)c(OC([2H])([2H])[2H])cc3C([2H])([2H])C1([2H])[2H])C2. The van der Waals surface area contributed by atoms with E-state index in [4.69, 9.17) is 42.3 Å². The van der Waals surface area contributed by atoms with E-state index in [1.165, 1.54) is 26.4 Å². The largest absolute Gasteiger partial charge is 0.493 e. The van der Waals surface area contributed by atoms with Crippen molar-refractivity contribution in [2.75, 3.05) is 61.3 Å². The molecule has 2 aromatic carbocycles. The zero-order valence-corrected chi connectivity index (χ0v) is 18.7. The van der Waals surface area contributed by atoms with Crippen LogP contribution in [0.4, 0.5) is 0 Å². The lowest BCUT2D eigenvalue weighted by Crippen LogP contribution is -2.36. The molecule has 1 aliphatic heterocycles. The number of aryl methyl sites for hydroxylation is 1. The molecule has 0 saturated carbocycles. The third kappa shape index (κ3) is 4.94. The highest BCUT2D eigenvalue weighted by atomic mass is 16.5. The predicted molar refractivity (Wildman–Crippen MR) is 132 cm³/mol. The Labute approximate surface area is 226 Å². The molecule has 0 saturated heterocycles. The van der Waals surface area contributed by atoms with Crippen LogP contribution in [-0.4, -0.2) is 77.0 Å². The summed E-state index contributed by atoms with van der Waals surface area (Å²) in [5.74, 6) is -3.15. The molecule has 1 amide bonds. The van der Waals surface area contributed by atoms with Crippen LogP contribution in [0.1, 0.15) is 57.9 Å². The molecule has 2 aliphatic rings. The molecular formula is C27H36N2O5. The maximum atomic E-state index is 13.5. The van der Waals surface area contributed by atoms with Gasteiger partial charge in [-0.25, -0.2) is 0 Å². The van der Waals surface area contributed by atoms with Crippen molar-refractivity contribution in [3.05, 3.63) is 46.5 Å². The van der Waals surface area contributed by atoms with E-state index in [0.717, 1.165) is 12.1 Å². The van der Waals surface area contributed by atoms with Gasteiger partial charge >= 0.3 is 0 Å². The Balaban J connectivity index is 1.67.